The minimum Gasteiger partial charge on any atom is -0.302 e. The summed E-state index contributed by atoms with van der Waals surface area (Å²) in [5, 5.41) is 7.81. The predicted molar refractivity (Wildman–Crippen MR) is 119 cm³/mol. The Kier molecular flexibility index (Phi) is 6.66. The molecule has 3 heterocycles. The second kappa shape index (κ2) is 9.79. The molecule has 4 aromatic rings. The molecule has 0 bridgehead atoms. The number of thiazole rings is 1. The monoisotopic (exact) mass is 468 g/mol. The number of hydrogen-bond donors (Lipinski definition) is 1. The summed E-state index contributed by atoms with van der Waals surface area (Å²) in [6, 6.07) is 8.94. The van der Waals surface area contributed by atoms with Crippen molar-refractivity contribution in [3.8, 4) is 0 Å². The van der Waals surface area contributed by atoms with E-state index in [1.54, 1.807) is 30.6 Å². The first-order chi connectivity index (χ1) is 15.5. The molecular weight excluding hydrogens is 451 g/mol. The van der Waals surface area contributed by atoms with Crippen molar-refractivity contribution in [2.45, 2.75) is 29.8 Å². The number of carbonyl (C=O) groups excluding carboxylic acids is 1. The van der Waals surface area contributed by atoms with Gasteiger partial charge in [0.25, 0.3) is 5.56 Å². The quantitative estimate of drug-likeness (QED) is 0.444. The van der Waals surface area contributed by atoms with Crippen LogP contribution in [0, 0.1) is 12.7 Å². The van der Waals surface area contributed by atoms with Gasteiger partial charge in [-0.25, -0.2) is 19.0 Å². The number of aryl methyl sites for hydroxylation is 1. The van der Waals surface area contributed by atoms with Crippen LogP contribution in [-0.4, -0.2) is 30.6 Å². The Morgan fingerprint density at radius 3 is 2.72 bits per heavy atom. The first kappa shape index (κ1) is 21.8. The van der Waals surface area contributed by atoms with E-state index in [9.17, 15) is 14.0 Å². The van der Waals surface area contributed by atoms with Gasteiger partial charge in [0.05, 0.1) is 30.6 Å². The van der Waals surface area contributed by atoms with E-state index >= 15 is 0 Å². The van der Waals surface area contributed by atoms with Crippen LogP contribution >= 0.6 is 23.1 Å². The maximum absolute atomic E-state index is 13.2. The number of nitrogens with one attached hydrogen (secondary N) is 1. The number of nitrogens with zero attached hydrogens (tertiary/aromatic N) is 5. The molecule has 32 heavy (non-hydrogen) atoms. The van der Waals surface area contributed by atoms with Crippen LogP contribution in [0.25, 0.3) is 0 Å². The Morgan fingerprint density at radius 2 is 2.00 bits per heavy atom. The van der Waals surface area contributed by atoms with Crippen LogP contribution in [0.1, 0.15) is 16.3 Å². The van der Waals surface area contributed by atoms with E-state index in [2.05, 4.69) is 25.4 Å². The summed E-state index contributed by atoms with van der Waals surface area (Å²) in [5.41, 5.74) is 0.659. The molecule has 11 heteroatoms. The molecule has 0 saturated carbocycles. The van der Waals surface area contributed by atoms with Crippen LogP contribution in [0.4, 0.5) is 9.52 Å². The van der Waals surface area contributed by atoms with E-state index < -0.39 is 0 Å². The number of benzene rings is 1. The van der Waals surface area contributed by atoms with Crippen LogP contribution in [0.2, 0.25) is 0 Å². The number of carbonyl (C=O) groups is 1. The van der Waals surface area contributed by atoms with Crippen LogP contribution < -0.4 is 10.9 Å². The molecule has 0 saturated heterocycles. The van der Waals surface area contributed by atoms with Gasteiger partial charge in [-0.05, 0) is 37.3 Å². The molecule has 0 spiro atoms. The van der Waals surface area contributed by atoms with Gasteiger partial charge in [-0.1, -0.05) is 11.8 Å². The topological polar surface area (TPSA) is 103 Å². The van der Waals surface area contributed by atoms with E-state index in [1.807, 2.05) is 6.92 Å². The molecule has 0 aliphatic rings. The lowest BCUT2D eigenvalue weighted by atomic mass is 10.3. The van der Waals surface area contributed by atoms with Gasteiger partial charge in [-0.15, -0.1) is 11.3 Å². The Balaban J connectivity index is 1.60. The smallest absolute Gasteiger partial charge is 0.267 e. The van der Waals surface area contributed by atoms with Crippen molar-refractivity contribution in [3.05, 3.63) is 87.4 Å². The lowest BCUT2D eigenvalue weighted by Gasteiger charge is -2.10. The summed E-state index contributed by atoms with van der Waals surface area (Å²) < 4.78 is 14.5. The maximum Gasteiger partial charge on any atom is 0.267 e. The summed E-state index contributed by atoms with van der Waals surface area (Å²) in [5.74, 6) is -0.628. The molecule has 0 aliphatic heterocycles. The Bertz CT molecular complexity index is 1310. The highest BCUT2D eigenvalue weighted by molar-refractivity contribution is 7.99. The zero-order chi connectivity index (χ0) is 22.5. The van der Waals surface area contributed by atoms with Gasteiger partial charge in [-0.2, -0.15) is 5.10 Å². The highest BCUT2D eigenvalue weighted by atomic mass is 32.2. The molecule has 0 aliphatic carbocycles. The van der Waals surface area contributed by atoms with Gasteiger partial charge in [0.2, 0.25) is 5.91 Å². The summed E-state index contributed by atoms with van der Waals surface area (Å²) in [4.78, 5) is 39.5. The normalized spacial score (nSPS) is 10.8. The molecule has 3 aromatic heterocycles. The molecule has 1 amide bonds. The van der Waals surface area contributed by atoms with Crippen molar-refractivity contribution < 1.29 is 9.18 Å². The largest absolute Gasteiger partial charge is 0.302 e. The van der Waals surface area contributed by atoms with Crippen LogP contribution in [0.3, 0.4) is 0 Å². The van der Waals surface area contributed by atoms with Gasteiger partial charge in [0.15, 0.2) is 5.13 Å². The number of rotatable bonds is 7. The van der Waals surface area contributed by atoms with E-state index in [1.165, 1.54) is 52.2 Å². The third-order valence-corrected chi connectivity index (χ3v) is 6.05. The van der Waals surface area contributed by atoms with Crippen molar-refractivity contribution >= 4 is 34.1 Å². The molecule has 0 unspecified atom stereocenters. The van der Waals surface area contributed by atoms with Gasteiger partial charge in [-0.3, -0.25) is 14.6 Å². The minimum absolute atomic E-state index is 0.0416. The van der Waals surface area contributed by atoms with E-state index in [0.29, 0.717) is 21.5 Å². The Morgan fingerprint density at radius 1 is 1.19 bits per heavy atom. The minimum atomic E-state index is -0.338. The third kappa shape index (κ3) is 5.62. The zero-order valence-electron chi connectivity index (χ0n) is 16.9. The highest BCUT2D eigenvalue weighted by Crippen LogP contribution is 2.29. The van der Waals surface area contributed by atoms with Crippen molar-refractivity contribution in [2.75, 3.05) is 5.32 Å². The van der Waals surface area contributed by atoms with Crippen LogP contribution in [0.5, 0.6) is 0 Å². The third-order valence-electron chi connectivity index (χ3n) is 4.18. The Hall–Kier alpha value is -3.44. The highest BCUT2D eigenvalue weighted by Gasteiger charge is 2.16. The molecular formula is C21H17FN6O2S2. The number of aromatic nitrogens is 5. The number of anilines is 1. The van der Waals surface area contributed by atoms with Gasteiger partial charge in [0.1, 0.15) is 10.8 Å². The first-order valence-corrected chi connectivity index (χ1v) is 11.1. The lowest BCUT2D eigenvalue weighted by molar-refractivity contribution is -0.115. The average molecular weight is 469 g/mol. The van der Waals surface area contributed by atoms with E-state index in [-0.39, 0.29) is 30.2 Å². The van der Waals surface area contributed by atoms with E-state index in [0.717, 1.165) is 9.77 Å². The number of amides is 1. The predicted octanol–water partition coefficient (Wildman–Crippen LogP) is 3.32. The van der Waals surface area contributed by atoms with Crippen molar-refractivity contribution in [1.29, 1.82) is 0 Å². The first-order valence-electron chi connectivity index (χ1n) is 9.49. The number of halogens is 1. The molecule has 8 nitrogen and oxygen atoms in total. The van der Waals surface area contributed by atoms with Crippen LogP contribution in [0.15, 0.2) is 69.7 Å². The number of hydrogen-bond acceptors (Lipinski definition) is 8. The fraction of sp³-hybridized carbons (Fsp3) is 0.143. The fourth-order valence-corrected chi connectivity index (χ4v) is 4.25. The Labute approximate surface area is 190 Å². The summed E-state index contributed by atoms with van der Waals surface area (Å²) in [7, 11) is 0. The molecule has 1 aromatic carbocycles. The van der Waals surface area contributed by atoms with Gasteiger partial charge in [0, 0.05) is 28.2 Å². The molecule has 0 atom stereocenters. The summed E-state index contributed by atoms with van der Waals surface area (Å²) in [6.45, 7) is 2.02. The lowest BCUT2D eigenvalue weighted by Crippen LogP contribution is -2.23. The van der Waals surface area contributed by atoms with Gasteiger partial charge < -0.3 is 5.32 Å². The molecule has 4 rings (SSSR count). The SMILES string of the molecule is Cc1cnc(NC(=O)Cc2nc(Cn3ncccc3=O)cnc2Sc2ccc(F)cc2)s1. The average Bonchev–Trinajstić information content (AvgIpc) is 3.17. The zero-order valence-corrected chi connectivity index (χ0v) is 18.5. The second-order valence-corrected chi connectivity index (χ2v) is 8.99. The molecule has 162 valence electrons. The van der Waals surface area contributed by atoms with Crippen molar-refractivity contribution in [3.63, 3.8) is 0 Å². The maximum atomic E-state index is 13.2. The van der Waals surface area contributed by atoms with Crippen molar-refractivity contribution in [2.24, 2.45) is 0 Å². The summed E-state index contributed by atoms with van der Waals surface area (Å²) >= 11 is 2.65. The van der Waals surface area contributed by atoms with E-state index in [4.69, 9.17) is 0 Å². The molecule has 0 radical (unpaired) electrons. The van der Waals surface area contributed by atoms with Gasteiger partial charge >= 0.3 is 0 Å². The van der Waals surface area contributed by atoms with Crippen molar-refractivity contribution in [1.82, 2.24) is 24.7 Å². The van der Waals surface area contributed by atoms with Crippen LogP contribution in [-0.2, 0) is 17.8 Å². The summed E-state index contributed by atoms with van der Waals surface area (Å²) in [6.07, 6.45) is 4.69. The fourth-order valence-electron chi connectivity index (χ4n) is 2.74. The standard InChI is InChI=1S/C21H17FN6O2S2/c1-13-10-24-21(31-13)27-18(29)9-17-20(32-16-6-4-14(22)5-7-16)23-11-15(26-17)12-28-19(30)3-2-8-25-28/h2-8,10-11H,9,12H2,1H3,(H,24,27,29). The molecule has 0 fully saturated rings. The molecule has 1 N–H and O–H groups in total. The second-order valence-electron chi connectivity index (χ2n) is 6.69.